The van der Waals surface area contributed by atoms with Crippen LogP contribution >= 0.6 is 0 Å². The van der Waals surface area contributed by atoms with Gasteiger partial charge in [-0.05, 0) is 18.9 Å². The fourth-order valence-electron chi connectivity index (χ4n) is 1.08. The maximum Gasteiger partial charge on any atom is 0.494 e. The van der Waals surface area contributed by atoms with Crippen LogP contribution in [0.15, 0.2) is 12.3 Å². The fourth-order valence-corrected chi connectivity index (χ4v) is 1.08. The predicted molar refractivity (Wildman–Crippen MR) is 54.6 cm³/mol. The van der Waals surface area contributed by atoms with E-state index in [1.165, 1.54) is 0 Å². The van der Waals surface area contributed by atoms with E-state index in [0.29, 0.717) is 17.9 Å². The number of rotatable bonds is 4. The molecule has 4 nitrogen and oxygen atoms in total. The highest BCUT2D eigenvalue weighted by molar-refractivity contribution is 6.59. The molecule has 0 aliphatic rings. The van der Waals surface area contributed by atoms with Crippen molar-refractivity contribution in [1.82, 2.24) is 4.98 Å². The van der Waals surface area contributed by atoms with Crippen molar-refractivity contribution in [2.75, 3.05) is 6.61 Å². The zero-order valence-corrected chi connectivity index (χ0v) is 8.40. The monoisotopic (exact) mass is 195 g/mol. The smallest absolute Gasteiger partial charge is 0.478 e. The Bertz CT molecular complexity index is 304. The summed E-state index contributed by atoms with van der Waals surface area (Å²) in [5.41, 5.74) is 1.19. The zero-order chi connectivity index (χ0) is 10.6. The summed E-state index contributed by atoms with van der Waals surface area (Å²) in [6, 6.07) is 1.66. The highest BCUT2D eigenvalue weighted by atomic mass is 16.5. The van der Waals surface area contributed by atoms with Gasteiger partial charge in [0, 0.05) is 11.7 Å². The van der Waals surface area contributed by atoms with Crippen LogP contribution in [0, 0.1) is 6.92 Å². The molecule has 0 unspecified atom stereocenters. The lowest BCUT2D eigenvalue weighted by atomic mass is 9.80. The van der Waals surface area contributed by atoms with E-state index in [1.54, 1.807) is 12.3 Å². The summed E-state index contributed by atoms with van der Waals surface area (Å²) in [5, 5.41) is 18.1. The second-order valence-electron chi connectivity index (χ2n) is 3.13. The zero-order valence-electron chi connectivity index (χ0n) is 8.40. The standard InChI is InChI=1S/C9H14BNO3/c1-3-4-14-9-8(10(12)13)5-7(2)6-11-9/h5-6,12-13H,3-4H2,1-2H3. The minimum atomic E-state index is -1.53. The molecule has 0 amide bonds. The molecule has 2 N–H and O–H groups in total. The minimum Gasteiger partial charge on any atom is -0.478 e. The second-order valence-corrected chi connectivity index (χ2v) is 3.13. The van der Waals surface area contributed by atoms with Crippen LogP contribution in [0.25, 0.3) is 0 Å². The van der Waals surface area contributed by atoms with Crippen LogP contribution in [0.2, 0.25) is 0 Å². The topological polar surface area (TPSA) is 62.6 Å². The molecule has 0 spiro atoms. The maximum atomic E-state index is 9.06. The molecule has 1 aromatic heterocycles. The van der Waals surface area contributed by atoms with Gasteiger partial charge in [-0.25, -0.2) is 4.98 Å². The first kappa shape index (κ1) is 11.0. The normalized spacial score (nSPS) is 10.0. The molecular weight excluding hydrogens is 181 g/mol. The molecule has 0 aliphatic heterocycles. The van der Waals surface area contributed by atoms with E-state index in [4.69, 9.17) is 14.8 Å². The molecule has 0 bridgehead atoms. The van der Waals surface area contributed by atoms with Gasteiger partial charge in [0.2, 0.25) is 5.88 Å². The Labute approximate surface area is 83.7 Å². The predicted octanol–water partition coefficient (Wildman–Crippen LogP) is -0.141. The van der Waals surface area contributed by atoms with Crippen LogP contribution in [0.5, 0.6) is 5.88 Å². The Hall–Kier alpha value is -1.07. The van der Waals surface area contributed by atoms with E-state index in [2.05, 4.69) is 4.98 Å². The molecule has 0 saturated carbocycles. The first-order chi connectivity index (χ1) is 6.65. The SMILES string of the molecule is CCCOc1ncc(C)cc1B(O)O. The van der Waals surface area contributed by atoms with Gasteiger partial charge in [-0.2, -0.15) is 0 Å². The number of ether oxygens (including phenoxy) is 1. The Balaban J connectivity index is 2.90. The number of hydrogen-bond donors (Lipinski definition) is 2. The van der Waals surface area contributed by atoms with Crippen LogP contribution in [0.4, 0.5) is 0 Å². The van der Waals surface area contributed by atoms with E-state index < -0.39 is 7.12 Å². The van der Waals surface area contributed by atoms with Gasteiger partial charge in [-0.1, -0.05) is 13.0 Å². The van der Waals surface area contributed by atoms with Gasteiger partial charge in [0.15, 0.2) is 0 Å². The van der Waals surface area contributed by atoms with Crippen LogP contribution in [-0.4, -0.2) is 28.8 Å². The van der Waals surface area contributed by atoms with Crippen molar-refractivity contribution in [3.63, 3.8) is 0 Å². The lowest BCUT2D eigenvalue weighted by Crippen LogP contribution is -2.32. The lowest BCUT2D eigenvalue weighted by molar-refractivity contribution is 0.305. The average molecular weight is 195 g/mol. The van der Waals surface area contributed by atoms with E-state index in [-0.39, 0.29) is 0 Å². The van der Waals surface area contributed by atoms with Crippen molar-refractivity contribution < 1.29 is 14.8 Å². The summed E-state index contributed by atoms with van der Waals surface area (Å²) in [5.74, 6) is 0.299. The van der Waals surface area contributed by atoms with Crippen LogP contribution < -0.4 is 10.2 Å². The first-order valence-corrected chi connectivity index (χ1v) is 4.60. The largest absolute Gasteiger partial charge is 0.494 e. The van der Waals surface area contributed by atoms with Crippen molar-refractivity contribution in [1.29, 1.82) is 0 Å². The molecule has 1 aromatic rings. The molecule has 76 valence electrons. The number of hydrogen-bond acceptors (Lipinski definition) is 4. The highest BCUT2D eigenvalue weighted by Crippen LogP contribution is 2.05. The summed E-state index contributed by atoms with van der Waals surface area (Å²) in [6.07, 6.45) is 2.49. The third kappa shape index (κ3) is 2.72. The summed E-state index contributed by atoms with van der Waals surface area (Å²) in [7, 11) is -1.53. The molecule has 1 rings (SSSR count). The second kappa shape index (κ2) is 4.98. The number of aryl methyl sites for hydroxylation is 1. The summed E-state index contributed by atoms with van der Waals surface area (Å²) < 4.78 is 5.27. The Kier molecular flexibility index (Phi) is 3.91. The van der Waals surface area contributed by atoms with Crippen molar-refractivity contribution in [2.24, 2.45) is 0 Å². The van der Waals surface area contributed by atoms with Crippen molar-refractivity contribution in [3.05, 3.63) is 17.8 Å². The molecule has 0 fully saturated rings. The van der Waals surface area contributed by atoms with Gasteiger partial charge in [0.05, 0.1) is 6.61 Å². The third-order valence-corrected chi connectivity index (χ3v) is 1.74. The maximum absolute atomic E-state index is 9.06. The van der Waals surface area contributed by atoms with Gasteiger partial charge in [0.25, 0.3) is 0 Å². The number of aromatic nitrogens is 1. The molecule has 0 aliphatic carbocycles. The van der Waals surface area contributed by atoms with Gasteiger partial charge >= 0.3 is 7.12 Å². The van der Waals surface area contributed by atoms with E-state index in [0.717, 1.165) is 12.0 Å². The number of nitrogens with zero attached hydrogens (tertiary/aromatic N) is 1. The molecule has 0 aromatic carbocycles. The quantitative estimate of drug-likeness (QED) is 0.656. The summed E-state index contributed by atoms with van der Waals surface area (Å²) in [4.78, 5) is 3.99. The van der Waals surface area contributed by atoms with Crippen LogP contribution in [-0.2, 0) is 0 Å². The van der Waals surface area contributed by atoms with E-state index in [1.807, 2.05) is 13.8 Å². The van der Waals surface area contributed by atoms with Gasteiger partial charge in [-0.15, -0.1) is 0 Å². The molecule has 0 radical (unpaired) electrons. The summed E-state index contributed by atoms with van der Waals surface area (Å²) >= 11 is 0. The van der Waals surface area contributed by atoms with Gasteiger partial charge < -0.3 is 14.8 Å². The Morgan fingerprint density at radius 3 is 2.79 bits per heavy atom. The molecular formula is C9H14BNO3. The molecule has 14 heavy (non-hydrogen) atoms. The molecule has 5 heteroatoms. The minimum absolute atomic E-state index is 0.299. The van der Waals surface area contributed by atoms with Gasteiger partial charge in [-0.3, -0.25) is 0 Å². The van der Waals surface area contributed by atoms with Gasteiger partial charge in [0.1, 0.15) is 0 Å². The molecule has 0 saturated heterocycles. The average Bonchev–Trinajstić information content (AvgIpc) is 2.15. The first-order valence-electron chi connectivity index (χ1n) is 4.60. The number of pyridine rings is 1. The summed E-state index contributed by atoms with van der Waals surface area (Å²) in [6.45, 7) is 4.33. The fraction of sp³-hybridized carbons (Fsp3) is 0.444. The Morgan fingerprint density at radius 1 is 1.50 bits per heavy atom. The van der Waals surface area contributed by atoms with Crippen LogP contribution in [0.3, 0.4) is 0 Å². The third-order valence-electron chi connectivity index (χ3n) is 1.74. The molecule has 0 atom stereocenters. The highest BCUT2D eigenvalue weighted by Gasteiger charge is 2.18. The lowest BCUT2D eigenvalue weighted by Gasteiger charge is -2.09. The Morgan fingerprint density at radius 2 is 2.21 bits per heavy atom. The van der Waals surface area contributed by atoms with E-state index >= 15 is 0 Å². The van der Waals surface area contributed by atoms with Crippen LogP contribution in [0.1, 0.15) is 18.9 Å². The van der Waals surface area contributed by atoms with E-state index in [9.17, 15) is 0 Å². The van der Waals surface area contributed by atoms with Crippen molar-refractivity contribution >= 4 is 12.6 Å². The van der Waals surface area contributed by atoms with Crippen molar-refractivity contribution in [2.45, 2.75) is 20.3 Å². The molecule has 1 heterocycles. The van der Waals surface area contributed by atoms with Crippen molar-refractivity contribution in [3.8, 4) is 5.88 Å².